The summed E-state index contributed by atoms with van der Waals surface area (Å²) in [5.74, 6) is 0.203. The van der Waals surface area contributed by atoms with Crippen LogP contribution >= 0.6 is 0 Å². The first-order chi connectivity index (χ1) is 8.27. The predicted molar refractivity (Wildman–Crippen MR) is 66.7 cm³/mol. The fourth-order valence-corrected chi connectivity index (χ4v) is 1.83. The van der Waals surface area contributed by atoms with Crippen LogP contribution in [0.1, 0.15) is 22.5 Å². The molecule has 0 atom stereocenters. The van der Waals surface area contributed by atoms with Gasteiger partial charge in [0.2, 0.25) is 0 Å². The molecule has 0 aliphatic carbocycles. The molecule has 0 N–H and O–H groups in total. The van der Waals surface area contributed by atoms with Crippen LogP contribution in [0.4, 0.5) is 0 Å². The Labute approximate surface area is 102 Å². The van der Waals surface area contributed by atoms with E-state index in [9.17, 15) is 4.79 Å². The molecule has 17 heavy (non-hydrogen) atoms. The van der Waals surface area contributed by atoms with Crippen LogP contribution in [-0.2, 0) is 13.5 Å². The van der Waals surface area contributed by atoms with E-state index in [0.29, 0.717) is 6.42 Å². The number of hydrogen-bond donors (Lipinski definition) is 0. The first-order valence-electron chi connectivity index (χ1n) is 5.79. The van der Waals surface area contributed by atoms with Crippen LogP contribution in [0.2, 0.25) is 0 Å². The molecule has 0 saturated carbocycles. The van der Waals surface area contributed by atoms with Crippen LogP contribution in [-0.4, -0.2) is 5.78 Å². The summed E-state index contributed by atoms with van der Waals surface area (Å²) >= 11 is 0. The van der Waals surface area contributed by atoms with Crippen molar-refractivity contribution in [3.63, 3.8) is 0 Å². The number of rotatable bonds is 4. The first kappa shape index (κ1) is 11.5. The lowest BCUT2D eigenvalue weighted by Crippen LogP contribution is -2.32. The molecule has 0 unspecified atom stereocenters. The highest BCUT2D eigenvalue weighted by molar-refractivity contribution is 5.96. The van der Waals surface area contributed by atoms with Gasteiger partial charge in [0.15, 0.2) is 17.7 Å². The molecule has 1 aromatic carbocycles. The molecule has 1 heterocycles. The number of carbonyl (C=O) groups excluding carboxylic acids is 1. The third kappa shape index (κ3) is 3.00. The van der Waals surface area contributed by atoms with E-state index in [2.05, 4.69) is 10.6 Å². The summed E-state index contributed by atoms with van der Waals surface area (Å²) in [5.41, 5.74) is 1.97. The maximum atomic E-state index is 11.9. The SMILES string of the molecule is C[n+]1ccccc1CCC(=O)c1ccccc1. The zero-order valence-electron chi connectivity index (χ0n) is 9.97. The van der Waals surface area contributed by atoms with E-state index in [4.69, 9.17) is 0 Å². The first-order valence-corrected chi connectivity index (χ1v) is 5.79. The fraction of sp³-hybridized carbons (Fsp3) is 0.200. The Bertz CT molecular complexity index is 505. The highest BCUT2D eigenvalue weighted by Gasteiger charge is 2.09. The molecule has 2 rings (SSSR count). The topological polar surface area (TPSA) is 20.9 Å². The van der Waals surface area contributed by atoms with E-state index in [1.54, 1.807) is 0 Å². The minimum atomic E-state index is 0.203. The van der Waals surface area contributed by atoms with Crippen molar-refractivity contribution in [2.75, 3.05) is 0 Å². The molecule has 0 radical (unpaired) electrons. The van der Waals surface area contributed by atoms with Crippen molar-refractivity contribution >= 4 is 5.78 Å². The molecule has 2 aromatic rings. The van der Waals surface area contributed by atoms with Gasteiger partial charge in [0.05, 0.1) is 0 Å². The van der Waals surface area contributed by atoms with Crippen molar-refractivity contribution in [1.29, 1.82) is 0 Å². The maximum Gasteiger partial charge on any atom is 0.181 e. The number of benzene rings is 1. The van der Waals surface area contributed by atoms with Gasteiger partial charge < -0.3 is 0 Å². The lowest BCUT2D eigenvalue weighted by molar-refractivity contribution is -0.679. The third-order valence-electron chi connectivity index (χ3n) is 2.87. The smallest absolute Gasteiger partial charge is 0.181 e. The highest BCUT2D eigenvalue weighted by atomic mass is 16.1. The summed E-state index contributed by atoms with van der Waals surface area (Å²) < 4.78 is 2.05. The molecule has 2 heteroatoms. The van der Waals surface area contributed by atoms with Gasteiger partial charge in [0, 0.05) is 30.5 Å². The Balaban J connectivity index is 2.00. The van der Waals surface area contributed by atoms with Crippen LogP contribution in [0.25, 0.3) is 0 Å². The molecule has 0 aliphatic heterocycles. The summed E-state index contributed by atoms with van der Waals surface area (Å²) in [6, 6.07) is 15.5. The molecule has 0 bridgehead atoms. The highest BCUT2D eigenvalue weighted by Crippen LogP contribution is 2.05. The van der Waals surface area contributed by atoms with Gasteiger partial charge in [0.25, 0.3) is 0 Å². The van der Waals surface area contributed by atoms with E-state index in [0.717, 1.165) is 12.0 Å². The number of Topliss-reactive ketones (excluding diaryl/α,β-unsaturated/α-hetero) is 1. The lowest BCUT2D eigenvalue weighted by atomic mass is 10.1. The minimum Gasteiger partial charge on any atom is -0.294 e. The number of carbonyl (C=O) groups is 1. The van der Waals surface area contributed by atoms with E-state index in [1.165, 1.54) is 5.69 Å². The third-order valence-corrected chi connectivity index (χ3v) is 2.87. The zero-order valence-corrected chi connectivity index (χ0v) is 9.97. The predicted octanol–water partition coefficient (Wildman–Crippen LogP) is 2.33. The monoisotopic (exact) mass is 226 g/mol. The minimum absolute atomic E-state index is 0.203. The molecular weight excluding hydrogens is 210 g/mol. The number of nitrogens with zero attached hydrogens (tertiary/aromatic N) is 1. The van der Waals surface area contributed by atoms with Crippen LogP contribution < -0.4 is 4.57 Å². The number of aryl methyl sites for hydroxylation is 2. The molecule has 1 aromatic heterocycles. The van der Waals surface area contributed by atoms with E-state index in [-0.39, 0.29) is 5.78 Å². The van der Waals surface area contributed by atoms with E-state index < -0.39 is 0 Å². The van der Waals surface area contributed by atoms with E-state index >= 15 is 0 Å². The summed E-state index contributed by atoms with van der Waals surface area (Å²) in [5, 5.41) is 0. The number of pyridine rings is 1. The molecule has 86 valence electrons. The van der Waals surface area contributed by atoms with Crippen molar-refractivity contribution in [3.05, 3.63) is 66.0 Å². The second-order valence-electron chi connectivity index (χ2n) is 4.09. The second kappa shape index (κ2) is 5.39. The van der Waals surface area contributed by atoms with Gasteiger partial charge in [-0.25, -0.2) is 4.57 Å². The van der Waals surface area contributed by atoms with Crippen LogP contribution in [0.15, 0.2) is 54.7 Å². The molecule has 0 fully saturated rings. The molecule has 2 nitrogen and oxygen atoms in total. The number of hydrogen-bond acceptors (Lipinski definition) is 1. The van der Waals surface area contributed by atoms with Crippen LogP contribution in [0.3, 0.4) is 0 Å². The quantitative estimate of drug-likeness (QED) is 0.579. The maximum absolute atomic E-state index is 11.9. The average molecular weight is 226 g/mol. The molecule has 0 amide bonds. The number of ketones is 1. The van der Waals surface area contributed by atoms with Crippen molar-refractivity contribution in [2.45, 2.75) is 12.8 Å². The molecule has 0 spiro atoms. The Morgan fingerprint density at radius 2 is 1.76 bits per heavy atom. The summed E-state index contributed by atoms with van der Waals surface area (Å²) in [6.45, 7) is 0. The van der Waals surface area contributed by atoms with Crippen molar-refractivity contribution in [1.82, 2.24) is 0 Å². The van der Waals surface area contributed by atoms with Crippen LogP contribution in [0.5, 0.6) is 0 Å². The zero-order chi connectivity index (χ0) is 12.1. The Hall–Kier alpha value is -1.96. The summed E-state index contributed by atoms with van der Waals surface area (Å²) in [6.07, 6.45) is 3.34. The normalized spacial score (nSPS) is 10.2. The standard InChI is InChI=1S/C15H16NO/c1-16-12-6-5-9-14(16)10-11-15(17)13-7-3-2-4-8-13/h2-9,12H,10-11H2,1H3/q+1. The summed E-state index contributed by atoms with van der Waals surface area (Å²) in [4.78, 5) is 11.9. The van der Waals surface area contributed by atoms with Gasteiger partial charge in [0.1, 0.15) is 7.05 Å². The molecule has 0 saturated heterocycles. The van der Waals surface area contributed by atoms with Crippen LogP contribution in [0, 0.1) is 0 Å². The summed E-state index contributed by atoms with van der Waals surface area (Å²) in [7, 11) is 2.00. The Kier molecular flexibility index (Phi) is 3.66. The van der Waals surface area contributed by atoms with Crippen molar-refractivity contribution in [2.24, 2.45) is 7.05 Å². The van der Waals surface area contributed by atoms with Gasteiger partial charge in [-0.15, -0.1) is 0 Å². The number of aromatic nitrogens is 1. The van der Waals surface area contributed by atoms with Gasteiger partial charge in [-0.1, -0.05) is 36.4 Å². The molecular formula is C15H16NO+. The Morgan fingerprint density at radius 1 is 1.06 bits per heavy atom. The van der Waals surface area contributed by atoms with Gasteiger partial charge in [-0.05, 0) is 0 Å². The fourth-order valence-electron chi connectivity index (χ4n) is 1.83. The lowest BCUT2D eigenvalue weighted by Gasteiger charge is -2.00. The van der Waals surface area contributed by atoms with E-state index in [1.807, 2.05) is 55.7 Å². The molecule has 0 aliphatic rings. The van der Waals surface area contributed by atoms with Crippen molar-refractivity contribution in [3.8, 4) is 0 Å². The Morgan fingerprint density at radius 3 is 2.47 bits per heavy atom. The average Bonchev–Trinajstić information content (AvgIpc) is 2.38. The van der Waals surface area contributed by atoms with Gasteiger partial charge in [-0.2, -0.15) is 0 Å². The van der Waals surface area contributed by atoms with Gasteiger partial charge in [-0.3, -0.25) is 4.79 Å². The van der Waals surface area contributed by atoms with Gasteiger partial charge >= 0.3 is 0 Å². The second-order valence-corrected chi connectivity index (χ2v) is 4.09. The largest absolute Gasteiger partial charge is 0.294 e. The van der Waals surface area contributed by atoms with Crippen molar-refractivity contribution < 1.29 is 9.36 Å².